The van der Waals surface area contributed by atoms with Crippen molar-refractivity contribution in [1.82, 2.24) is 0 Å². The molecule has 2 aliphatic carbocycles. The van der Waals surface area contributed by atoms with Crippen LogP contribution >= 0.6 is 0 Å². The van der Waals surface area contributed by atoms with Crippen molar-refractivity contribution in [3.05, 3.63) is 39.9 Å². The van der Waals surface area contributed by atoms with Crippen molar-refractivity contribution >= 4 is 11.7 Å². The Kier molecular flexibility index (Phi) is 4.47. The van der Waals surface area contributed by atoms with E-state index < -0.39 is 16.7 Å². The second-order valence-corrected chi connectivity index (χ2v) is 8.88. The number of hydrogen-bond acceptors (Lipinski definition) is 6. The first kappa shape index (κ1) is 18.4. The van der Waals surface area contributed by atoms with Crippen LogP contribution in [0.1, 0.15) is 49.9 Å². The number of benzene rings is 1. The number of nitrogens with zero attached hydrogens (tertiary/aromatic N) is 1. The predicted octanol–water partition coefficient (Wildman–Crippen LogP) is 3.71. The maximum atomic E-state index is 12.3. The number of esters is 1. The number of nitro groups is 1. The van der Waals surface area contributed by atoms with E-state index in [0.29, 0.717) is 30.6 Å². The number of carbonyl (C=O) groups is 1. The van der Waals surface area contributed by atoms with Crippen LogP contribution in [0.25, 0.3) is 0 Å². The van der Waals surface area contributed by atoms with E-state index in [1.54, 1.807) is 0 Å². The summed E-state index contributed by atoms with van der Waals surface area (Å²) in [6.45, 7) is 5.71. The van der Waals surface area contributed by atoms with E-state index in [-0.39, 0.29) is 17.2 Å². The highest BCUT2D eigenvalue weighted by Gasteiger charge is 2.54. The molecule has 3 aliphatic rings. The third-order valence-corrected chi connectivity index (χ3v) is 5.98. The van der Waals surface area contributed by atoms with E-state index in [9.17, 15) is 14.9 Å². The lowest BCUT2D eigenvalue weighted by Crippen LogP contribution is -2.46. The minimum atomic E-state index is -0.486. The summed E-state index contributed by atoms with van der Waals surface area (Å²) >= 11 is 0. The van der Waals surface area contributed by atoms with Crippen molar-refractivity contribution in [2.45, 2.75) is 51.4 Å². The third-order valence-electron chi connectivity index (χ3n) is 5.98. The number of hydrogen-bond donors (Lipinski definition) is 0. The quantitative estimate of drug-likeness (QED) is 0.455. The molecule has 1 heterocycles. The van der Waals surface area contributed by atoms with Crippen molar-refractivity contribution in [2.75, 3.05) is 13.2 Å². The number of carbonyl (C=O) groups excluding carboxylic acids is 1. The van der Waals surface area contributed by atoms with Crippen LogP contribution in [0.15, 0.2) is 24.3 Å². The van der Waals surface area contributed by atoms with Gasteiger partial charge in [0.1, 0.15) is 6.10 Å². The molecule has 0 N–H and O–H groups in total. The summed E-state index contributed by atoms with van der Waals surface area (Å²) in [6.07, 6.45) is 3.25. The molecular weight excluding hydrogens is 350 g/mol. The number of rotatable bonds is 3. The Hall–Kier alpha value is -1.99. The second kappa shape index (κ2) is 6.56. The highest BCUT2D eigenvalue weighted by molar-refractivity contribution is 5.89. The topological polar surface area (TPSA) is 87.9 Å². The van der Waals surface area contributed by atoms with E-state index in [0.717, 1.165) is 25.7 Å². The molecule has 1 unspecified atom stereocenters. The molecule has 3 atom stereocenters. The number of fused-ring (bicyclic) bond motifs is 1. The van der Waals surface area contributed by atoms with Crippen LogP contribution in [-0.4, -0.2) is 36.0 Å². The minimum Gasteiger partial charge on any atom is -0.459 e. The maximum absolute atomic E-state index is 12.3. The number of non-ortho nitro benzene ring substituents is 1. The van der Waals surface area contributed by atoms with Gasteiger partial charge in [0, 0.05) is 30.4 Å². The molecule has 2 saturated carbocycles. The molecule has 0 amide bonds. The highest BCUT2D eigenvalue weighted by atomic mass is 16.7. The predicted molar refractivity (Wildman–Crippen MR) is 96.2 cm³/mol. The zero-order valence-electron chi connectivity index (χ0n) is 15.7. The van der Waals surface area contributed by atoms with E-state index in [1.807, 2.05) is 0 Å². The zero-order valence-corrected chi connectivity index (χ0v) is 15.7. The lowest BCUT2D eigenvalue weighted by molar-refractivity contribution is -0.384. The molecule has 7 nitrogen and oxygen atoms in total. The highest BCUT2D eigenvalue weighted by Crippen LogP contribution is 2.53. The van der Waals surface area contributed by atoms with Crippen LogP contribution in [-0.2, 0) is 14.2 Å². The SMILES string of the molecule is CC1(C)COC2(C[C@H]3CC(OC(=O)c4ccc([N+](=O)[O-])cc4)C[C@H]3C2)OC1. The molecule has 0 radical (unpaired) electrons. The largest absolute Gasteiger partial charge is 0.459 e. The smallest absolute Gasteiger partial charge is 0.338 e. The zero-order chi connectivity index (χ0) is 19.2. The van der Waals surface area contributed by atoms with Gasteiger partial charge in [-0.2, -0.15) is 0 Å². The molecule has 1 saturated heterocycles. The van der Waals surface area contributed by atoms with Gasteiger partial charge in [-0.15, -0.1) is 0 Å². The normalized spacial score (nSPS) is 30.8. The van der Waals surface area contributed by atoms with Crippen LogP contribution < -0.4 is 0 Å². The van der Waals surface area contributed by atoms with Crippen LogP contribution in [0.3, 0.4) is 0 Å². The Labute approximate surface area is 158 Å². The standard InChI is InChI=1S/C20H25NO6/c1-19(2)11-25-20(26-12-19)9-14-7-17(8-15(14)10-20)27-18(22)13-3-5-16(6-4-13)21(23)24/h3-6,14-15,17H,7-12H2,1-2H3/t14-,15+,17?. The van der Waals surface area contributed by atoms with Crippen molar-refractivity contribution in [3.8, 4) is 0 Å². The van der Waals surface area contributed by atoms with Gasteiger partial charge in [0.2, 0.25) is 0 Å². The van der Waals surface area contributed by atoms with E-state index in [4.69, 9.17) is 14.2 Å². The fourth-order valence-corrected chi connectivity index (χ4v) is 4.55. The van der Waals surface area contributed by atoms with Gasteiger partial charge in [0.05, 0.1) is 23.7 Å². The van der Waals surface area contributed by atoms with Crippen LogP contribution in [0.5, 0.6) is 0 Å². The molecule has 0 bridgehead atoms. The molecule has 7 heteroatoms. The van der Waals surface area contributed by atoms with E-state index >= 15 is 0 Å². The molecule has 1 spiro atoms. The summed E-state index contributed by atoms with van der Waals surface area (Å²) in [4.78, 5) is 22.5. The van der Waals surface area contributed by atoms with Crippen LogP contribution in [0, 0.1) is 27.4 Å². The molecule has 0 aromatic heterocycles. The monoisotopic (exact) mass is 375 g/mol. The lowest BCUT2D eigenvalue weighted by atomic mass is 9.94. The molecule has 4 rings (SSSR count). The van der Waals surface area contributed by atoms with Gasteiger partial charge >= 0.3 is 5.97 Å². The number of nitro benzene ring substituents is 1. The first-order valence-electron chi connectivity index (χ1n) is 9.49. The summed E-state index contributed by atoms with van der Waals surface area (Å²) in [6, 6.07) is 5.53. The Morgan fingerprint density at radius 1 is 1.11 bits per heavy atom. The molecule has 146 valence electrons. The van der Waals surface area contributed by atoms with Gasteiger partial charge in [-0.3, -0.25) is 10.1 Å². The van der Waals surface area contributed by atoms with Crippen LogP contribution in [0.2, 0.25) is 0 Å². The summed E-state index contributed by atoms with van der Waals surface area (Å²) in [7, 11) is 0. The Balaban J connectivity index is 1.31. The second-order valence-electron chi connectivity index (χ2n) is 8.88. The average molecular weight is 375 g/mol. The summed E-state index contributed by atoms with van der Waals surface area (Å²) in [5.41, 5.74) is 0.365. The fraction of sp³-hybridized carbons (Fsp3) is 0.650. The summed E-state index contributed by atoms with van der Waals surface area (Å²) in [5, 5.41) is 10.7. The average Bonchev–Trinajstić information content (AvgIpc) is 3.13. The van der Waals surface area contributed by atoms with Gasteiger partial charge < -0.3 is 14.2 Å². The Bertz CT molecular complexity index is 717. The molecule has 27 heavy (non-hydrogen) atoms. The van der Waals surface area contributed by atoms with Gasteiger partial charge in [0.25, 0.3) is 5.69 Å². The molecule has 1 aromatic carbocycles. The first-order chi connectivity index (χ1) is 12.8. The molecule has 1 aliphatic heterocycles. The Morgan fingerprint density at radius 2 is 1.67 bits per heavy atom. The van der Waals surface area contributed by atoms with Crippen molar-refractivity contribution in [1.29, 1.82) is 0 Å². The minimum absolute atomic E-state index is 0.0390. The fourth-order valence-electron chi connectivity index (χ4n) is 4.55. The van der Waals surface area contributed by atoms with Crippen molar-refractivity contribution in [2.24, 2.45) is 17.3 Å². The van der Waals surface area contributed by atoms with Crippen molar-refractivity contribution in [3.63, 3.8) is 0 Å². The first-order valence-corrected chi connectivity index (χ1v) is 9.49. The molecule has 1 aromatic rings. The summed E-state index contributed by atoms with van der Waals surface area (Å²) < 4.78 is 17.9. The maximum Gasteiger partial charge on any atom is 0.338 e. The Morgan fingerprint density at radius 3 is 2.19 bits per heavy atom. The van der Waals surface area contributed by atoms with E-state index in [1.165, 1.54) is 24.3 Å². The summed E-state index contributed by atoms with van der Waals surface area (Å²) in [5.74, 6) is 0.0244. The van der Waals surface area contributed by atoms with Gasteiger partial charge in [-0.05, 0) is 36.8 Å². The third kappa shape index (κ3) is 3.71. The lowest BCUT2D eigenvalue weighted by Gasteiger charge is -2.42. The molecular formula is C20H25NO6. The number of ether oxygens (including phenoxy) is 3. The van der Waals surface area contributed by atoms with Crippen molar-refractivity contribution < 1.29 is 23.9 Å². The molecule has 3 fully saturated rings. The van der Waals surface area contributed by atoms with Gasteiger partial charge in [-0.1, -0.05) is 13.8 Å². The van der Waals surface area contributed by atoms with Gasteiger partial charge in [-0.25, -0.2) is 4.79 Å². The van der Waals surface area contributed by atoms with E-state index in [2.05, 4.69) is 13.8 Å². The van der Waals surface area contributed by atoms with Crippen LogP contribution in [0.4, 0.5) is 5.69 Å². The van der Waals surface area contributed by atoms with Gasteiger partial charge in [0.15, 0.2) is 5.79 Å².